The SMILES string of the molecule is CCCNC(=O)C(Cc1ccccc1)N(Cc1ccccc1)C(=O)CN(C)S(C)(=O)=O. The van der Waals surface area contributed by atoms with Crippen LogP contribution in [0.3, 0.4) is 0 Å². The van der Waals surface area contributed by atoms with Gasteiger partial charge < -0.3 is 10.2 Å². The Bertz CT molecular complexity index is 949. The van der Waals surface area contributed by atoms with Gasteiger partial charge in [-0.2, -0.15) is 4.31 Å². The van der Waals surface area contributed by atoms with E-state index in [1.165, 1.54) is 11.9 Å². The maximum absolute atomic E-state index is 13.3. The Labute approximate surface area is 185 Å². The summed E-state index contributed by atoms with van der Waals surface area (Å²) in [4.78, 5) is 27.8. The van der Waals surface area contributed by atoms with Gasteiger partial charge in [0, 0.05) is 26.6 Å². The van der Waals surface area contributed by atoms with E-state index in [1.807, 2.05) is 67.6 Å². The molecule has 0 heterocycles. The van der Waals surface area contributed by atoms with Gasteiger partial charge in [-0.05, 0) is 17.5 Å². The second kappa shape index (κ2) is 11.6. The Kier molecular flexibility index (Phi) is 9.21. The predicted octanol–water partition coefficient (Wildman–Crippen LogP) is 2.04. The van der Waals surface area contributed by atoms with Crippen LogP contribution in [0.4, 0.5) is 0 Å². The highest BCUT2D eigenvalue weighted by atomic mass is 32.2. The van der Waals surface area contributed by atoms with Crippen molar-refractivity contribution >= 4 is 21.8 Å². The Hall–Kier alpha value is -2.71. The summed E-state index contributed by atoms with van der Waals surface area (Å²) in [5.41, 5.74) is 1.78. The number of nitrogens with zero attached hydrogens (tertiary/aromatic N) is 2. The number of likely N-dealkylation sites (N-methyl/N-ethyl adjacent to an activating group) is 1. The molecule has 1 atom stereocenters. The lowest BCUT2D eigenvalue weighted by Gasteiger charge is -2.32. The lowest BCUT2D eigenvalue weighted by molar-refractivity contribution is -0.141. The fourth-order valence-corrected chi connectivity index (χ4v) is 3.44. The van der Waals surface area contributed by atoms with Crippen LogP contribution < -0.4 is 5.32 Å². The van der Waals surface area contributed by atoms with E-state index in [4.69, 9.17) is 0 Å². The van der Waals surface area contributed by atoms with Crippen molar-refractivity contribution in [1.82, 2.24) is 14.5 Å². The van der Waals surface area contributed by atoms with Gasteiger partial charge in [0.05, 0.1) is 12.8 Å². The molecule has 0 aliphatic carbocycles. The van der Waals surface area contributed by atoms with Crippen LogP contribution in [0.1, 0.15) is 24.5 Å². The van der Waals surface area contributed by atoms with Crippen LogP contribution in [0.5, 0.6) is 0 Å². The summed E-state index contributed by atoms with van der Waals surface area (Å²) in [6, 6.07) is 18.1. The number of rotatable bonds is 11. The molecule has 0 radical (unpaired) electrons. The zero-order valence-corrected chi connectivity index (χ0v) is 19.1. The van der Waals surface area contributed by atoms with Crippen LogP contribution in [-0.2, 0) is 32.6 Å². The van der Waals surface area contributed by atoms with E-state index in [-0.39, 0.29) is 19.0 Å². The van der Waals surface area contributed by atoms with Gasteiger partial charge in [-0.25, -0.2) is 8.42 Å². The molecule has 0 bridgehead atoms. The Morgan fingerprint density at radius 3 is 2.03 bits per heavy atom. The molecular formula is C23H31N3O4S. The fraction of sp³-hybridized carbons (Fsp3) is 0.391. The second-order valence-electron chi connectivity index (χ2n) is 7.52. The maximum Gasteiger partial charge on any atom is 0.243 e. The molecule has 8 heteroatoms. The molecule has 0 saturated heterocycles. The lowest BCUT2D eigenvalue weighted by atomic mass is 10.0. The molecule has 7 nitrogen and oxygen atoms in total. The number of carbonyl (C=O) groups excluding carboxylic acids is 2. The van der Waals surface area contributed by atoms with E-state index in [1.54, 1.807) is 0 Å². The Morgan fingerprint density at radius 1 is 0.968 bits per heavy atom. The van der Waals surface area contributed by atoms with Crippen LogP contribution in [0.2, 0.25) is 0 Å². The summed E-state index contributed by atoms with van der Waals surface area (Å²) in [5.74, 6) is -0.679. The zero-order chi connectivity index (χ0) is 22.9. The summed E-state index contributed by atoms with van der Waals surface area (Å²) in [6.07, 6.45) is 2.15. The highest BCUT2D eigenvalue weighted by Crippen LogP contribution is 2.15. The van der Waals surface area contributed by atoms with Crippen molar-refractivity contribution in [3.05, 3.63) is 71.8 Å². The van der Waals surface area contributed by atoms with Gasteiger partial charge in [-0.3, -0.25) is 9.59 Å². The first-order valence-electron chi connectivity index (χ1n) is 10.3. The van der Waals surface area contributed by atoms with Crippen molar-refractivity contribution in [2.75, 3.05) is 26.4 Å². The minimum atomic E-state index is -3.54. The number of hydrogen-bond donors (Lipinski definition) is 1. The van der Waals surface area contributed by atoms with Crippen molar-refractivity contribution in [3.63, 3.8) is 0 Å². The summed E-state index contributed by atoms with van der Waals surface area (Å²) in [6.45, 7) is 2.33. The maximum atomic E-state index is 13.3. The molecule has 0 aliphatic heterocycles. The zero-order valence-electron chi connectivity index (χ0n) is 18.3. The summed E-state index contributed by atoms with van der Waals surface area (Å²) in [5, 5.41) is 2.89. The molecule has 2 rings (SSSR count). The van der Waals surface area contributed by atoms with Gasteiger partial charge in [0.1, 0.15) is 6.04 Å². The third-order valence-electron chi connectivity index (χ3n) is 4.94. The van der Waals surface area contributed by atoms with E-state index in [2.05, 4.69) is 5.32 Å². The van der Waals surface area contributed by atoms with Crippen LogP contribution in [0, 0.1) is 0 Å². The number of amides is 2. The monoisotopic (exact) mass is 445 g/mol. The summed E-state index contributed by atoms with van der Waals surface area (Å²) >= 11 is 0. The smallest absolute Gasteiger partial charge is 0.243 e. The van der Waals surface area contributed by atoms with Gasteiger partial charge in [0.15, 0.2) is 0 Å². The fourth-order valence-electron chi connectivity index (χ4n) is 3.10. The molecule has 1 N–H and O–H groups in total. The van der Waals surface area contributed by atoms with E-state index in [0.29, 0.717) is 13.0 Å². The molecule has 0 aliphatic rings. The number of carbonyl (C=O) groups is 2. The summed E-state index contributed by atoms with van der Waals surface area (Å²) in [7, 11) is -2.18. The molecule has 31 heavy (non-hydrogen) atoms. The first-order valence-corrected chi connectivity index (χ1v) is 12.1. The molecule has 1 unspecified atom stereocenters. The third kappa shape index (κ3) is 7.80. The number of sulfonamides is 1. The molecule has 0 aromatic heterocycles. The standard InChI is InChI=1S/C23H31N3O4S/c1-4-15-24-23(28)21(16-19-11-7-5-8-12-19)26(17-20-13-9-6-10-14-20)22(27)18-25(2)31(3,29)30/h5-14,21H,4,15-18H2,1-3H3,(H,24,28). The Balaban J connectivity index is 2.39. The molecule has 0 spiro atoms. The van der Waals surface area contributed by atoms with E-state index < -0.39 is 22.0 Å². The lowest BCUT2D eigenvalue weighted by Crippen LogP contribution is -2.53. The molecule has 168 valence electrons. The molecule has 0 fully saturated rings. The Morgan fingerprint density at radius 2 is 1.52 bits per heavy atom. The largest absolute Gasteiger partial charge is 0.354 e. The number of hydrogen-bond acceptors (Lipinski definition) is 4. The quantitative estimate of drug-likeness (QED) is 0.574. The average Bonchev–Trinajstić information content (AvgIpc) is 2.75. The minimum Gasteiger partial charge on any atom is -0.354 e. The molecule has 0 saturated carbocycles. The van der Waals surface area contributed by atoms with Crippen LogP contribution in [0.15, 0.2) is 60.7 Å². The van der Waals surface area contributed by atoms with Crippen molar-refractivity contribution in [1.29, 1.82) is 0 Å². The highest BCUT2D eigenvalue weighted by Gasteiger charge is 2.31. The molecule has 2 aromatic rings. The molecule has 2 amide bonds. The third-order valence-corrected chi connectivity index (χ3v) is 6.20. The van der Waals surface area contributed by atoms with Gasteiger partial charge in [-0.15, -0.1) is 0 Å². The van der Waals surface area contributed by atoms with Crippen LogP contribution in [-0.4, -0.2) is 61.9 Å². The first kappa shape index (κ1) is 24.6. The van der Waals surface area contributed by atoms with Gasteiger partial charge in [0.25, 0.3) is 0 Å². The van der Waals surface area contributed by atoms with Gasteiger partial charge in [-0.1, -0.05) is 67.6 Å². The second-order valence-corrected chi connectivity index (χ2v) is 9.61. The van der Waals surface area contributed by atoms with Gasteiger partial charge >= 0.3 is 0 Å². The van der Waals surface area contributed by atoms with Crippen molar-refractivity contribution in [2.24, 2.45) is 0 Å². The van der Waals surface area contributed by atoms with Crippen LogP contribution >= 0.6 is 0 Å². The van der Waals surface area contributed by atoms with E-state index in [9.17, 15) is 18.0 Å². The first-order chi connectivity index (χ1) is 14.7. The van der Waals surface area contributed by atoms with Crippen molar-refractivity contribution < 1.29 is 18.0 Å². The minimum absolute atomic E-state index is 0.203. The number of benzene rings is 2. The topological polar surface area (TPSA) is 86.8 Å². The molecule has 2 aromatic carbocycles. The van der Waals surface area contributed by atoms with E-state index >= 15 is 0 Å². The van der Waals surface area contributed by atoms with Crippen molar-refractivity contribution in [3.8, 4) is 0 Å². The predicted molar refractivity (Wildman–Crippen MR) is 122 cm³/mol. The normalized spacial score (nSPS) is 12.4. The van der Waals surface area contributed by atoms with Crippen molar-refractivity contribution in [2.45, 2.75) is 32.4 Å². The van der Waals surface area contributed by atoms with E-state index in [0.717, 1.165) is 28.1 Å². The average molecular weight is 446 g/mol. The number of nitrogens with one attached hydrogen (secondary N) is 1. The molecular weight excluding hydrogens is 414 g/mol. The van der Waals surface area contributed by atoms with Gasteiger partial charge in [0.2, 0.25) is 21.8 Å². The highest BCUT2D eigenvalue weighted by molar-refractivity contribution is 7.88. The van der Waals surface area contributed by atoms with Crippen LogP contribution in [0.25, 0.3) is 0 Å². The summed E-state index contributed by atoms with van der Waals surface area (Å²) < 4.78 is 24.7.